The van der Waals surface area contributed by atoms with Crippen LogP contribution in [0.3, 0.4) is 0 Å². The molecule has 3 heteroatoms. The Morgan fingerprint density at radius 2 is 2.30 bits per heavy atom. The number of esters is 1. The molecule has 0 aliphatic heterocycles. The fourth-order valence-electron chi connectivity index (χ4n) is 0.458. The molecule has 1 N–H and O–H groups in total. The largest absolute Gasteiger partial charge is 0.463 e. The van der Waals surface area contributed by atoms with Crippen LogP contribution in [-0.2, 0) is 9.53 Å². The second kappa shape index (κ2) is 5.23. The van der Waals surface area contributed by atoms with E-state index in [0.717, 1.165) is 6.42 Å². The van der Waals surface area contributed by atoms with Crippen molar-refractivity contribution in [3.05, 3.63) is 0 Å². The van der Waals surface area contributed by atoms with E-state index in [-0.39, 0.29) is 25.1 Å². The maximum absolute atomic E-state index is 10.6. The second-order valence-electron chi connectivity index (χ2n) is 2.18. The lowest BCUT2D eigenvalue weighted by atomic mass is 10.3. The summed E-state index contributed by atoms with van der Waals surface area (Å²) in [7, 11) is 0. The lowest BCUT2D eigenvalue weighted by Crippen LogP contribution is -2.14. The number of carbonyl (C=O) groups excluding carboxylic acids is 1. The maximum atomic E-state index is 10.6. The van der Waals surface area contributed by atoms with Gasteiger partial charge >= 0.3 is 5.97 Å². The number of aliphatic hydroxyl groups excluding tert-OH is 1. The lowest BCUT2D eigenvalue weighted by Gasteiger charge is -2.09. The molecule has 1 unspecified atom stereocenters. The maximum Gasteiger partial charge on any atom is 0.308 e. The van der Waals surface area contributed by atoms with E-state index in [1.54, 1.807) is 0 Å². The molecule has 1 atom stereocenters. The van der Waals surface area contributed by atoms with E-state index in [2.05, 4.69) is 0 Å². The van der Waals surface area contributed by atoms with Gasteiger partial charge in [-0.15, -0.1) is 0 Å². The van der Waals surface area contributed by atoms with Crippen molar-refractivity contribution in [2.75, 3.05) is 6.61 Å². The average molecular weight is 146 g/mol. The van der Waals surface area contributed by atoms with Gasteiger partial charge in [0.15, 0.2) is 0 Å². The van der Waals surface area contributed by atoms with Gasteiger partial charge < -0.3 is 9.84 Å². The van der Waals surface area contributed by atoms with Gasteiger partial charge in [-0.3, -0.25) is 4.79 Å². The predicted molar refractivity (Wildman–Crippen MR) is 37.5 cm³/mol. The third kappa shape index (κ3) is 4.32. The van der Waals surface area contributed by atoms with Gasteiger partial charge in [0.05, 0.1) is 19.1 Å². The quantitative estimate of drug-likeness (QED) is 0.594. The van der Waals surface area contributed by atoms with E-state index < -0.39 is 0 Å². The third-order valence-electron chi connectivity index (χ3n) is 1.22. The topological polar surface area (TPSA) is 46.5 Å². The lowest BCUT2D eigenvalue weighted by molar-refractivity contribution is -0.149. The Labute approximate surface area is 61.0 Å². The Bertz CT molecular complexity index is 101. The van der Waals surface area contributed by atoms with Gasteiger partial charge in [0.25, 0.3) is 0 Å². The van der Waals surface area contributed by atoms with Gasteiger partial charge in [0, 0.05) is 0 Å². The molecule has 0 saturated carbocycles. The second-order valence-corrected chi connectivity index (χ2v) is 2.18. The van der Waals surface area contributed by atoms with E-state index in [4.69, 9.17) is 9.84 Å². The zero-order valence-electron chi connectivity index (χ0n) is 6.46. The van der Waals surface area contributed by atoms with Crippen molar-refractivity contribution < 1.29 is 14.6 Å². The molecule has 0 amide bonds. The monoisotopic (exact) mass is 146 g/mol. The van der Waals surface area contributed by atoms with Crippen LogP contribution in [0, 0.1) is 0 Å². The van der Waals surface area contributed by atoms with Crippen LogP contribution in [0.25, 0.3) is 0 Å². The standard InChI is InChI=1S/C7H14O3/c1-3-6(2)10-7(9)4-5-8/h6,8H,3-5H2,1-2H3. The van der Waals surface area contributed by atoms with Crippen molar-refractivity contribution in [3.8, 4) is 0 Å². The highest BCUT2D eigenvalue weighted by Crippen LogP contribution is 1.97. The highest BCUT2D eigenvalue weighted by molar-refractivity contribution is 5.69. The van der Waals surface area contributed by atoms with Crippen molar-refractivity contribution >= 4 is 5.97 Å². The Hall–Kier alpha value is -0.570. The van der Waals surface area contributed by atoms with Crippen molar-refractivity contribution in [1.82, 2.24) is 0 Å². The summed E-state index contributed by atoms with van der Waals surface area (Å²) in [5.74, 6) is -0.322. The van der Waals surface area contributed by atoms with Gasteiger partial charge in [0.2, 0.25) is 0 Å². The first kappa shape index (κ1) is 9.43. The van der Waals surface area contributed by atoms with Crippen molar-refractivity contribution in [3.63, 3.8) is 0 Å². The van der Waals surface area contributed by atoms with Crippen molar-refractivity contribution in [2.45, 2.75) is 32.8 Å². The molecule has 0 aliphatic carbocycles. The molecular formula is C7H14O3. The Morgan fingerprint density at radius 3 is 2.70 bits per heavy atom. The molecular weight excluding hydrogens is 132 g/mol. The first-order valence-corrected chi connectivity index (χ1v) is 3.51. The average Bonchev–Trinajstić information content (AvgIpc) is 1.88. The van der Waals surface area contributed by atoms with Crippen LogP contribution < -0.4 is 0 Å². The fraction of sp³-hybridized carbons (Fsp3) is 0.857. The van der Waals surface area contributed by atoms with E-state index in [1.807, 2.05) is 13.8 Å². The zero-order valence-corrected chi connectivity index (χ0v) is 6.46. The van der Waals surface area contributed by atoms with Crippen LogP contribution in [0.5, 0.6) is 0 Å². The van der Waals surface area contributed by atoms with E-state index in [0.29, 0.717) is 0 Å². The zero-order chi connectivity index (χ0) is 7.98. The summed E-state index contributed by atoms with van der Waals surface area (Å²) in [5, 5.41) is 8.32. The van der Waals surface area contributed by atoms with Crippen LogP contribution in [0.15, 0.2) is 0 Å². The van der Waals surface area contributed by atoms with Gasteiger partial charge in [0.1, 0.15) is 0 Å². The first-order valence-electron chi connectivity index (χ1n) is 3.51. The molecule has 10 heavy (non-hydrogen) atoms. The minimum Gasteiger partial charge on any atom is -0.463 e. The highest BCUT2D eigenvalue weighted by Gasteiger charge is 2.05. The minimum absolute atomic E-state index is 0.0287. The smallest absolute Gasteiger partial charge is 0.308 e. The van der Waals surface area contributed by atoms with Crippen molar-refractivity contribution in [1.29, 1.82) is 0 Å². The van der Waals surface area contributed by atoms with E-state index >= 15 is 0 Å². The van der Waals surface area contributed by atoms with Crippen LogP contribution >= 0.6 is 0 Å². The normalized spacial score (nSPS) is 12.7. The molecule has 0 aliphatic rings. The van der Waals surface area contributed by atoms with Crippen LogP contribution in [0.4, 0.5) is 0 Å². The molecule has 0 rings (SSSR count). The van der Waals surface area contributed by atoms with E-state index in [1.165, 1.54) is 0 Å². The van der Waals surface area contributed by atoms with Crippen LogP contribution in [-0.4, -0.2) is 23.8 Å². The molecule has 0 radical (unpaired) electrons. The number of hydrogen-bond donors (Lipinski definition) is 1. The molecule has 0 fully saturated rings. The van der Waals surface area contributed by atoms with Crippen LogP contribution in [0.2, 0.25) is 0 Å². The molecule has 0 heterocycles. The molecule has 0 aromatic heterocycles. The van der Waals surface area contributed by atoms with Gasteiger partial charge in [-0.1, -0.05) is 6.92 Å². The molecule has 0 bridgehead atoms. The number of aliphatic hydroxyl groups is 1. The summed E-state index contributed by atoms with van der Waals surface area (Å²) in [6.45, 7) is 3.64. The van der Waals surface area contributed by atoms with Gasteiger partial charge in [-0.2, -0.15) is 0 Å². The molecule has 3 nitrogen and oxygen atoms in total. The van der Waals surface area contributed by atoms with E-state index in [9.17, 15) is 4.79 Å². The van der Waals surface area contributed by atoms with Crippen molar-refractivity contribution in [2.24, 2.45) is 0 Å². The highest BCUT2D eigenvalue weighted by atomic mass is 16.5. The molecule has 0 aromatic rings. The summed E-state index contributed by atoms with van der Waals surface area (Å²) in [5.41, 5.74) is 0. The summed E-state index contributed by atoms with van der Waals surface area (Å²) in [6.07, 6.45) is 0.890. The number of rotatable bonds is 4. The number of carbonyl (C=O) groups is 1. The molecule has 60 valence electrons. The minimum atomic E-state index is -0.322. The SMILES string of the molecule is CCC(C)OC(=O)CCO. The summed E-state index contributed by atoms with van der Waals surface area (Å²) < 4.78 is 4.84. The van der Waals surface area contributed by atoms with Crippen LogP contribution in [0.1, 0.15) is 26.7 Å². The Kier molecular flexibility index (Phi) is 4.94. The first-order chi connectivity index (χ1) is 4.70. The predicted octanol–water partition coefficient (Wildman–Crippen LogP) is 0.710. The Balaban J connectivity index is 3.37. The molecule has 0 spiro atoms. The van der Waals surface area contributed by atoms with Gasteiger partial charge in [-0.05, 0) is 13.3 Å². The van der Waals surface area contributed by atoms with Gasteiger partial charge in [-0.25, -0.2) is 0 Å². The summed E-state index contributed by atoms with van der Waals surface area (Å²) in [6, 6.07) is 0. The molecule has 0 saturated heterocycles. The summed E-state index contributed by atoms with van der Waals surface area (Å²) in [4.78, 5) is 10.6. The summed E-state index contributed by atoms with van der Waals surface area (Å²) >= 11 is 0. The third-order valence-corrected chi connectivity index (χ3v) is 1.22. The number of hydrogen-bond acceptors (Lipinski definition) is 3. The Morgan fingerprint density at radius 1 is 1.70 bits per heavy atom. The molecule has 0 aromatic carbocycles. The fourth-order valence-corrected chi connectivity index (χ4v) is 0.458. The number of ether oxygens (including phenoxy) is 1.